The minimum absolute atomic E-state index is 0.148. The van der Waals surface area contributed by atoms with E-state index in [0.717, 1.165) is 22.9 Å². The normalized spacial score (nSPS) is 15.4. The first-order chi connectivity index (χ1) is 13.5. The number of halogens is 1. The minimum atomic E-state index is -0.332. The number of carbonyl (C=O) groups is 2. The lowest BCUT2D eigenvalue weighted by Gasteiger charge is -2.13. The molecule has 2 aromatic rings. The first-order valence-electron chi connectivity index (χ1n) is 8.92. The Bertz CT molecular complexity index is 928. The van der Waals surface area contributed by atoms with Gasteiger partial charge in [-0.25, -0.2) is 0 Å². The highest BCUT2D eigenvalue weighted by molar-refractivity contribution is 8.18. The molecule has 1 saturated heterocycles. The Kier molecular flexibility index (Phi) is 6.65. The van der Waals surface area contributed by atoms with Crippen molar-refractivity contribution in [1.29, 1.82) is 0 Å². The third-order valence-electron chi connectivity index (χ3n) is 4.03. The molecule has 0 N–H and O–H groups in total. The maximum absolute atomic E-state index is 12.7. The second-order valence-electron chi connectivity index (χ2n) is 5.93. The molecule has 3 rings (SSSR count). The molecule has 7 heteroatoms. The first-order valence-corrected chi connectivity index (χ1v) is 10.1. The largest absolute Gasteiger partial charge is 0.490 e. The van der Waals surface area contributed by atoms with Crippen LogP contribution < -0.4 is 9.47 Å². The molecule has 0 saturated carbocycles. The highest BCUT2D eigenvalue weighted by atomic mass is 35.5. The molecule has 1 fully saturated rings. The van der Waals surface area contributed by atoms with Gasteiger partial charge in [-0.3, -0.25) is 14.5 Å². The highest BCUT2D eigenvalue weighted by Gasteiger charge is 2.35. The summed E-state index contributed by atoms with van der Waals surface area (Å²) in [6.07, 6.45) is 1.69. The Balaban J connectivity index is 1.83. The van der Waals surface area contributed by atoms with Crippen molar-refractivity contribution < 1.29 is 19.1 Å². The molecule has 1 heterocycles. The number of rotatable bonds is 7. The summed E-state index contributed by atoms with van der Waals surface area (Å²) in [5.41, 5.74) is 1.49. The van der Waals surface area contributed by atoms with E-state index >= 15 is 0 Å². The van der Waals surface area contributed by atoms with Crippen molar-refractivity contribution in [1.82, 2.24) is 4.90 Å². The van der Waals surface area contributed by atoms with Crippen LogP contribution in [0.5, 0.6) is 11.5 Å². The van der Waals surface area contributed by atoms with Crippen LogP contribution in [-0.4, -0.2) is 29.3 Å². The van der Waals surface area contributed by atoms with E-state index in [1.165, 1.54) is 4.90 Å². The van der Waals surface area contributed by atoms with Crippen LogP contribution in [0.1, 0.15) is 25.0 Å². The van der Waals surface area contributed by atoms with Crippen LogP contribution in [0.2, 0.25) is 5.02 Å². The number of thioether (sulfide) groups is 1. The van der Waals surface area contributed by atoms with Gasteiger partial charge in [0, 0.05) is 5.02 Å². The molecule has 0 spiro atoms. The second-order valence-corrected chi connectivity index (χ2v) is 7.33. The Morgan fingerprint density at radius 1 is 1.04 bits per heavy atom. The van der Waals surface area contributed by atoms with Crippen molar-refractivity contribution in [3.8, 4) is 11.5 Å². The van der Waals surface area contributed by atoms with E-state index in [-0.39, 0.29) is 17.7 Å². The Morgan fingerprint density at radius 3 is 2.46 bits per heavy atom. The molecule has 1 aliphatic rings. The Hall–Kier alpha value is -2.44. The van der Waals surface area contributed by atoms with Gasteiger partial charge in [0.1, 0.15) is 0 Å². The average Bonchev–Trinajstić information content (AvgIpc) is 2.93. The summed E-state index contributed by atoms with van der Waals surface area (Å²) < 4.78 is 11.2. The van der Waals surface area contributed by atoms with E-state index < -0.39 is 0 Å². The van der Waals surface area contributed by atoms with Gasteiger partial charge in [-0.05, 0) is 61.0 Å². The summed E-state index contributed by atoms with van der Waals surface area (Å²) in [4.78, 5) is 26.7. The number of amides is 2. The zero-order valence-electron chi connectivity index (χ0n) is 15.6. The zero-order valence-corrected chi connectivity index (χ0v) is 17.2. The lowest BCUT2D eigenvalue weighted by molar-refractivity contribution is -0.123. The van der Waals surface area contributed by atoms with Crippen LogP contribution in [0.15, 0.2) is 47.4 Å². The van der Waals surface area contributed by atoms with E-state index in [1.807, 2.05) is 26.0 Å². The van der Waals surface area contributed by atoms with Crippen molar-refractivity contribution >= 4 is 40.6 Å². The smallest absolute Gasteiger partial charge is 0.293 e. The van der Waals surface area contributed by atoms with Gasteiger partial charge in [0.15, 0.2) is 11.5 Å². The van der Waals surface area contributed by atoms with E-state index in [2.05, 4.69) is 0 Å². The second kappa shape index (κ2) is 9.17. The number of hydrogen-bond acceptors (Lipinski definition) is 5. The first kappa shape index (κ1) is 20.3. The lowest BCUT2D eigenvalue weighted by atomic mass is 10.1. The van der Waals surface area contributed by atoms with Crippen molar-refractivity contribution in [2.75, 3.05) is 13.2 Å². The van der Waals surface area contributed by atoms with Gasteiger partial charge >= 0.3 is 0 Å². The predicted octanol–water partition coefficient (Wildman–Crippen LogP) is 5.37. The van der Waals surface area contributed by atoms with E-state index in [1.54, 1.807) is 36.4 Å². The monoisotopic (exact) mass is 417 g/mol. The Morgan fingerprint density at radius 2 is 1.75 bits per heavy atom. The van der Waals surface area contributed by atoms with Crippen LogP contribution in [-0.2, 0) is 11.3 Å². The molecule has 146 valence electrons. The standard InChI is InChI=1S/C21H20ClNO4S/c1-3-26-17-10-9-14(11-18(17)27-4-2)12-19-20(24)23(21(25)28-19)13-15-7-5-6-8-16(15)22/h5-12H,3-4,13H2,1-2H3/b19-12-. The van der Waals surface area contributed by atoms with Gasteiger partial charge in [0.05, 0.1) is 24.7 Å². The van der Waals surface area contributed by atoms with Gasteiger partial charge in [-0.2, -0.15) is 0 Å². The number of benzene rings is 2. The summed E-state index contributed by atoms with van der Waals surface area (Å²) in [5.74, 6) is 0.920. The molecule has 0 bridgehead atoms. The molecule has 0 unspecified atom stereocenters. The quantitative estimate of drug-likeness (QED) is 0.566. The van der Waals surface area contributed by atoms with Gasteiger partial charge in [-0.15, -0.1) is 0 Å². The molecule has 28 heavy (non-hydrogen) atoms. The topological polar surface area (TPSA) is 55.8 Å². The molecular formula is C21H20ClNO4S. The van der Waals surface area contributed by atoms with E-state index in [0.29, 0.717) is 34.6 Å². The maximum Gasteiger partial charge on any atom is 0.293 e. The molecule has 0 aliphatic carbocycles. The molecule has 0 aromatic heterocycles. The molecule has 1 aliphatic heterocycles. The van der Waals surface area contributed by atoms with Crippen LogP contribution in [0.4, 0.5) is 4.79 Å². The summed E-state index contributed by atoms with van der Waals surface area (Å²) in [6, 6.07) is 12.6. The third kappa shape index (κ3) is 4.51. The summed E-state index contributed by atoms with van der Waals surface area (Å²) in [5, 5.41) is 0.213. The SMILES string of the molecule is CCOc1ccc(/C=C2\SC(=O)N(Cc3ccccc3Cl)C2=O)cc1OCC. The van der Waals surface area contributed by atoms with Crippen LogP contribution in [0.3, 0.4) is 0 Å². The number of carbonyl (C=O) groups excluding carboxylic acids is 2. The van der Waals surface area contributed by atoms with Gasteiger partial charge in [-0.1, -0.05) is 35.9 Å². The van der Waals surface area contributed by atoms with Crippen molar-refractivity contribution in [2.45, 2.75) is 20.4 Å². The zero-order chi connectivity index (χ0) is 20.1. The van der Waals surface area contributed by atoms with E-state index in [9.17, 15) is 9.59 Å². The van der Waals surface area contributed by atoms with Crippen LogP contribution in [0.25, 0.3) is 6.08 Å². The number of hydrogen-bond donors (Lipinski definition) is 0. The van der Waals surface area contributed by atoms with Crippen molar-refractivity contribution in [3.63, 3.8) is 0 Å². The fraction of sp³-hybridized carbons (Fsp3) is 0.238. The van der Waals surface area contributed by atoms with E-state index in [4.69, 9.17) is 21.1 Å². The van der Waals surface area contributed by atoms with Gasteiger partial charge in [0.25, 0.3) is 11.1 Å². The predicted molar refractivity (Wildman–Crippen MR) is 112 cm³/mol. The molecule has 2 aromatic carbocycles. The minimum Gasteiger partial charge on any atom is -0.490 e. The maximum atomic E-state index is 12.7. The molecular weight excluding hydrogens is 398 g/mol. The molecule has 2 amide bonds. The van der Waals surface area contributed by atoms with Gasteiger partial charge in [0.2, 0.25) is 0 Å². The third-order valence-corrected chi connectivity index (χ3v) is 5.30. The number of ether oxygens (including phenoxy) is 2. The lowest BCUT2D eigenvalue weighted by Crippen LogP contribution is -2.27. The van der Waals surface area contributed by atoms with Crippen molar-refractivity contribution in [2.24, 2.45) is 0 Å². The molecule has 0 radical (unpaired) electrons. The average molecular weight is 418 g/mol. The summed E-state index contributed by atoms with van der Waals surface area (Å²) >= 11 is 7.07. The fourth-order valence-electron chi connectivity index (χ4n) is 2.74. The number of imide groups is 1. The molecule has 0 atom stereocenters. The van der Waals surface area contributed by atoms with Crippen LogP contribution >= 0.6 is 23.4 Å². The van der Waals surface area contributed by atoms with Gasteiger partial charge < -0.3 is 9.47 Å². The molecule has 5 nitrogen and oxygen atoms in total. The number of nitrogens with zero attached hydrogens (tertiary/aromatic N) is 1. The summed E-state index contributed by atoms with van der Waals surface area (Å²) in [6.45, 7) is 4.97. The summed E-state index contributed by atoms with van der Waals surface area (Å²) in [7, 11) is 0. The van der Waals surface area contributed by atoms with Crippen LogP contribution in [0, 0.1) is 0 Å². The highest BCUT2D eigenvalue weighted by Crippen LogP contribution is 2.36. The Labute approximate surface area is 173 Å². The fourth-order valence-corrected chi connectivity index (χ4v) is 3.78. The van der Waals surface area contributed by atoms with Crippen molar-refractivity contribution in [3.05, 3.63) is 63.5 Å².